The second kappa shape index (κ2) is 5.48. The first kappa shape index (κ1) is 11.6. The Balaban J connectivity index is 1.84. The molecule has 0 bridgehead atoms. The van der Waals surface area contributed by atoms with E-state index in [0.29, 0.717) is 0 Å². The molecule has 1 aromatic heterocycles. The Morgan fingerprint density at radius 2 is 2.31 bits per heavy atom. The first-order valence-corrected chi connectivity index (χ1v) is 6.59. The normalized spacial score (nSPS) is 17.6. The first-order chi connectivity index (χ1) is 7.85. The Bertz CT molecular complexity index is 315. The van der Waals surface area contributed by atoms with Gasteiger partial charge in [-0.3, -0.25) is 4.68 Å². The predicted molar refractivity (Wildman–Crippen MR) is 66.4 cm³/mol. The molecule has 1 aliphatic carbocycles. The molecule has 0 amide bonds. The molecular weight excluding hydrogens is 198 g/mol. The smallest absolute Gasteiger partial charge is 0.0492 e. The molecule has 1 atom stereocenters. The van der Waals surface area contributed by atoms with Gasteiger partial charge < -0.3 is 5.32 Å². The molecule has 1 saturated carbocycles. The van der Waals surface area contributed by atoms with E-state index in [1.54, 1.807) is 0 Å². The number of nitrogens with one attached hydrogen (secondary N) is 1. The van der Waals surface area contributed by atoms with Crippen LogP contribution in [0.2, 0.25) is 0 Å². The van der Waals surface area contributed by atoms with Crippen LogP contribution in [0.1, 0.15) is 38.8 Å². The van der Waals surface area contributed by atoms with Crippen molar-refractivity contribution >= 4 is 0 Å². The number of nitrogens with zero attached hydrogens (tertiary/aromatic N) is 2. The highest BCUT2D eigenvalue weighted by molar-refractivity contribution is 5.02. The van der Waals surface area contributed by atoms with Crippen LogP contribution >= 0.6 is 0 Å². The molecule has 0 saturated heterocycles. The number of aromatic nitrogens is 2. The minimum atomic E-state index is 0.727. The van der Waals surface area contributed by atoms with Crippen LogP contribution in [-0.4, -0.2) is 22.4 Å². The predicted octanol–water partition coefficient (Wildman–Crippen LogP) is 2.22. The van der Waals surface area contributed by atoms with Crippen LogP contribution in [-0.2, 0) is 13.0 Å². The highest BCUT2D eigenvalue weighted by Gasteiger charge is 2.30. The molecule has 2 rings (SSSR count). The molecule has 0 spiro atoms. The van der Waals surface area contributed by atoms with Gasteiger partial charge in [-0.05, 0) is 51.1 Å². The monoisotopic (exact) mass is 221 g/mol. The van der Waals surface area contributed by atoms with Crippen LogP contribution in [0.5, 0.6) is 0 Å². The van der Waals surface area contributed by atoms with E-state index in [1.165, 1.54) is 25.0 Å². The summed E-state index contributed by atoms with van der Waals surface area (Å²) in [5.41, 5.74) is 1.38. The summed E-state index contributed by atoms with van der Waals surface area (Å²) in [7, 11) is 0. The zero-order chi connectivity index (χ0) is 11.4. The summed E-state index contributed by atoms with van der Waals surface area (Å²) in [5, 5.41) is 7.93. The lowest BCUT2D eigenvalue weighted by Gasteiger charge is -2.17. The maximum Gasteiger partial charge on any atom is 0.0492 e. The average Bonchev–Trinajstić information content (AvgIpc) is 3.03. The van der Waals surface area contributed by atoms with Gasteiger partial charge in [0.2, 0.25) is 0 Å². The molecule has 16 heavy (non-hydrogen) atoms. The van der Waals surface area contributed by atoms with Crippen LogP contribution in [0.3, 0.4) is 0 Å². The van der Waals surface area contributed by atoms with Crippen molar-refractivity contribution in [1.82, 2.24) is 15.1 Å². The van der Waals surface area contributed by atoms with E-state index >= 15 is 0 Å². The zero-order valence-corrected chi connectivity index (χ0v) is 10.4. The molecule has 0 radical (unpaired) electrons. The zero-order valence-electron chi connectivity index (χ0n) is 10.4. The third-order valence-electron chi connectivity index (χ3n) is 3.47. The molecule has 0 aromatic carbocycles. The fourth-order valence-corrected chi connectivity index (χ4v) is 2.43. The molecular formula is C13H23N3. The van der Waals surface area contributed by atoms with Crippen LogP contribution in [0.4, 0.5) is 0 Å². The third kappa shape index (κ3) is 2.85. The molecule has 1 aromatic rings. The summed E-state index contributed by atoms with van der Waals surface area (Å²) in [6.45, 7) is 6.43. The lowest BCUT2D eigenvalue weighted by molar-refractivity contribution is 0.439. The van der Waals surface area contributed by atoms with Crippen LogP contribution < -0.4 is 5.32 Å². The van der Waals surface area contributed by atoms with Crippen LogP contribution in [0.15, 0.2) is 12.3 Å². The van der Waals surface area contributed by atoms with Gasteiger partial charge in [-0.1, -0.05) is 6.92 Å². The Hall–Kier alpha value is -0.830. The average molecular weight is 221 g/mol. The lowest BCUT2D eigenvalue weighted by atomic mass is 10.1. The van der Waals surface area contributed by atoms with Gasteiger partial charge in [-0.25, -0.2) is 0 Å². The van der Waals surface area contributed by atoms with E-state index in [-0.39, 0.29) is 0 Å². The van der Waals surface area contributed by atoms with Gasteiger partial charge in [-0.15, -0.1) is 0 Å². The summed E-state index contributed by atoms with van der Waals surface area (Å²) < 4.78 is 2.11. The van der Waals surface area contributed by atoms with Crippen molar-refractivity contribution in [3.63, 3.8) is 0 Å². The topological polar surface area (TPSA) is 29.9 Å². The maximum absolute atomic E-state index is 4.32. The summed E-state index contributed by atoms with van der Waals surface area (Å²) in [5.74, 6) is 0.943. The Morgan fingerprint density at radius 3 is 2.94 bits per heavy atom. The van der Waals surface area contributed by atoms with E-state index in [4.69, 9.17) is 0 Å². The molecule has 3 heteroatoms. The number of aryl methyl sites for hydroxylation is 2. The molecule has 1 fully saturated rings. The second-order valence-electron chi connectivity index (χ2n) is 4.68. The number of hydrogen-bond acceptors (Lipinski definition) is 2. The standard InChI is InChI=1S/C13H23N3/c1-3-14-13(11-5-6-11)8-7-12-9-10-15-16(12)4-2/h9-11,13-14H,3-8H2,1-2H3. The highest BCUT2D eigenvalue weighted by atomic mass is 15.3. The van der Waals surface area contributed by atoms with Crippen molar-refractivity contribution in [2.24, 2.45) is 5.92 Å². The SMILES string of the molecule is CCNC(CCc1ccnn1CC)C1CC1. The van der Waals surface area contributed by atoms with E-state index < -0.39 is 0 Å². The molecule has 3 nitrogen and oxygen atoms in total. The van der Waals surface area contributed by atoms with Crippen LogP contribution in [0, 0.1) is 5.92 Å². The van der Waals surface area contributed by atoms with Crippen molar-refractivity contribution < 1.29 is 0 Å². The summed E-state index contributed by atoms with van der Waals surface area (Å²) in [6.07, 6.45) is 7.17. The van der Waals surface area contributed by atoms with Crippen molar-refractivity contribution in [3.05, 3.63) is 18.0 Å². The molecule has 1 N–H and O–H groups in total. The summed E-state index contributed by atoms with van der Waals surface area (Å²) >= 11 is 0. The van der Waals surface area contributed by atoms with Gasteiger partial charge in [-0.2, -0.15) is 5.10 Å². The van der Waals surface area contributed by atoms with Crippen molar-refractivity contribution in [2.45, 2.75) is 52.1 Å². The molecule has 90 valence electrons. The van der Waals surface area contributed by atoms with Gasteiger partial charge in [0.15, 0.2) is 0 Å². The van der Waals surface area contributed by atoms with Gasteiger partial charge >= 0.3 is 0 Å². The fourth-order valence-electron chi connectivity index (χ4n) is 2.43. The quantitative estimate of drug-likeness (QED) is 0.765. The highest BCUT2D eigenvalue weighted by Crippen LogP contribution is 2.34. The van der Waals surface area contributed by atoms with E-state index in [9.17, 15) is 0 Å². The van der Waals surface area contributed by atoms with Gasteiger partial charge in [0.1, 0.15) is 0 Å². The fraction of sp³-hybridized carbons (Fsp3) is 0.769. The Morgan fingerprint density at radius 1 is 1.50 bits per heavy atom. The summed E-state index contributed by atoms with van der Waals surface area (Å²) in [4.78, 5) is 0. The van der Waals surface area contributed by atoms with Crippen molar-refractivity contribution in [3.8, 4) is 0 Å². The lowest BCUT2D eigenvalue weighted by Crippen LogP contribution is -2.31. The second-order valence-corrected chi connectivity index (χ2v) is 4.68. The van der Waals surface area contributed by atoms with E-state index in [0.717, 1.165) is 31.5 Å². The van der Waals surface area contributed by atoms with Crippen LogP contribution in [0.25, 0.3) is 0 Å². The molecule has 0 aliphatic heterocycles. The van der Waals surface area contributed by atoms with Gasteiger partial charge in [0.25, 0.3) is 0 Å². The molecule has 1 aliphatic rings. The first-order valence-electron chi connectivity index (χ1n) is 6.59. The molecule has 1 unspecified atom stereocenters. The maximum atomic E-state index is 4.32. The van der Waals surface area contributed by atoms with E-state index in [2.05, 4.69) is 35.0 Å². The van der Waals surface area contributed by atoms with Crippen molar-refractivity contribution in [2.75, 3.05) is 6.54 Å². The number of rotatable bonds is 7. The minimum absolute atomic E-state index is 0.727. The number of hydrogen-bond donors (Lipinski definition) is 1. The Kier molecular flexibility index (Phi) is 3.99. The van der Waals surface area contributed by atoms with Crippen molar-refractivity contribution in [1.29, 1.82) is 0 Å². The molecule has 1 heterocycles. The van der Waals surface area contributed by atoms with Gasteiger partial charge in [0, 0.05) is 24.5 Å². The largest absolute Gasteiger partial charge is 0.314 e. The minimum Gasteiger partial charge on any atom is -0.314 e. The van der Waals surface area contributed by atoms with Gasteiger partial charge in [0.05, 0.1) is 0 Å². The van der Waals surface area contributed by atoms with E-state index in [1.807, 2.05) is 6.20 Å². The Labute approximate surface area is 98.2 Å². The summed E-state index contributed by atoms with van der Waals surface area (Å²) in [6, 6.07) is 2.88. The third-order valence-corrected chi connectivity index (χ3v) is 3.47.